The van der Waals surface area contributed by atoms with E-state index >= 15 is 0 Å². The number of pyridine rings is 1. The van der Waals surface area contributed by atoms with Crippen molar-refractivity contribution in [1.29, 1.82) is 0 Å². The second kappa shape index (κ2) is 3.94. The molecular weight excluding hydrogens is 212 g/mol. The van der Waals surface area contributed by atoms with Gasteiger partial charge in [0.2, 0.25) is 0 Å². The zero-order chi connectivity index (χ0) is 11.7. The number of methoxy groups -OCH3 is 1. The van der Waals surface area contributed by atoms with Crippen LogP contribution in [-0.4, -0.2) is 16.7 Å². The molecule has 0 fully saturated rings. The SMILES string of the molecule is COc1ccc(-n2ccc3ncccc32)cc1. The Labute approximate surface area is 99.3 Å². The summed E-state index contributed by atoms with van der Waals surface area (Å²) in [5.74, 6) is 0.864. The zero-order valence-electron chi connectivity index (χ0n) is 9.50. The quantitative estimate of drug-likeness (QED) is 0.669. The number of fused-ring (bicyclic) bond motifs is 1. The average molecular weight is 224 g/mol. The van der Waals surface area contributed by atoms with E-state index in [4.69, 9.17) is 4.74 Å². The Morgan fingerprint density at radius 1 is 1.06 bits per heavy atom. The van der Waals surface area contributed by atoms with Gasteiger partial charge in [-0.05, 0) is 42.5 Å². The van der Waals surface area contributed by atoms with Crippen LogP contribution in [0.4, 0.5) is 0 Å². The van der Waals surface area contributed by atoms with Crippen molar-refractivity contribution in [3.05, 3.63) is 54.9 Å². The summed E-state index contributed by atoms with van der Waals surface area (Å²) in [7, 11) is 1.67. The van der Waals surface area contributed by atoms with Gasteiger partial charge >= 0.3 is 0 Å². The minimum absolute atomic E-state index is 0.864. The van der Waals surface area contributed by atoms with E-state index in [1.807, 2.05) is 42.6 Å². The summed E-state index contributed by atoms with van der Waals surface area (Å²) in [6.07, 6.45) is 3.83. The standard InChI is InChI=1S/C14H12N2O/c1-17-12-6-4-11(5-7-12)16-10-8-13-14(16)3-2-9-15-13/h2-10H,1H3. The highest BCUT2D eigenvalue weighted by molar-refractivity contribution is 5.77. The first-order valence-electron chi connectivity index (χ1n) is 5.45. The molecule has 2 heterocycles. The molecule has 0 saturated carbocycles. The lowest BCUT2D eigenvalue weighted by atomic mass is 10.3. The number of hydrogen-bond donors (Lipinski definition) is 0. The molecule has 0 N–H and O–H groups in total. The van der Waals surface area contributed by atoms with E-state index in [-0.39, 0.29) is 0 Å². The number of hydrogen-bond acceptors (Lipinski definition) is 2. The Morgan fingerprint density at radius 2 is 1.88 bits per heavy atom. The van der Waals surface area contributed by atoms with Gasteiger partial charge in [-0.15, -0.1) is 0 Å². The monoisotopic (exact) mass is 224 g/mol. The molecule has 0 aliphatic rings. The molecule has 0 atom stereocenters. The molecule has 0 aliphatic carbocycles. The van der Waals surface area contributed by atoms with E-state index in [1.165, 1.54) is 0 Å². The highest BCUT2D eigenvalue weighted by Gasteiger charge is 2.03. The van der Waals surface area contributed by atoms with Crippen LogP contribution < -0.4 is 4.74 Å². The highest BCUT2D eigenvalue weighted by atomic mass is 16.5. The predicted octanol–water partition coefficient (Wildman–Crippen LogP) is 3.03. The molecule has 0 unspecified atom stereocenters. The van der Waals surface area contributed by atoms with Gasteiger partial charge in [0.1, 0.15) is 5.75 Å². The molecule has 0 bridgehead atoms. The van der Waals surface area contributed by atoms with Crippen LogP contribution in [0.3, 0.4) is 0 Å². The normalized spacial score (nSPS) is 10.6. The molecule has 84 valence electrons. The van der Waals surface area contributed by atoms with Crippen LogP contribution in [0.15, 0.2) is 54.9 Å². The lowest BCUT2D eigenvalue weighted by Crippen LogP contribution is -1.92. The van der Waals surface area contributed by atoms with Crippen LogP contribution in [0.5, 0.6) is 5.75 Å². The Bertz CT molecular complexity index is 641. The smallest absolute Gasteiger partial charge is 0.119 e. The third kappa shape index (κ3) is 1.65. The summed E-state index contributed by atoms with van der Waals surface area (Å²) in [6, 6.07) is 14.0. The molecule has 3 rings (SSSR count). The first-order valence-corrected chi connectivity index (χ1v) is 5.45. The molecule has 0 radical (unpaired) electrons. The Balaban J connectivity index is 2.13. The van der Waals surface area contributed by atoms with Crippen LogP contribution in [0.2, 0.25) is 0 Å². The molecule has 3 nitrogen and oxygen atoms in total. The Kier molecular flexibility index (Phi) is 2.29. The largest absolute Gasteiger partial charge is 0.497 e. The van der Waals surface area contributed by atoms with Crippen molar-refractivity contribution in [3.8, 4) is 11.4 Å². The Morgan fingerprint density at radius 3 is 2.65 bits per heavy atom. The van der Waals surface area contributed by atoms with Crippen molar-refractivity contribution in [2.45, 2.75) is 0 Å². The van der Waals surface area contributed by atoms with Crippen molar-refractivity contribution < 1.29 is 4.74 Å². The van der Waals surface area contributed by atoms with Crippen molar-refractivity contribution in [3.63, 3.8) is 0 Å². The van der Waals surface area contributed by atoms with E-state index in [1.54, 1.807) is 13.3 Å². The van der Waals surface area contributed by atoms with Gasteiger partial charge in [-0.3, -0.25) is 4.98 Å². The molecule has 0 amide bonds. The number of benzene rings is 1. The molecule has 0 saturated heterocycles. The summed E-state index contributed by atoms with van der Waals surface area (Å²) in [6.45, 7) is 0. The van der Waals surface area contributed by atoms with Crippen LogP contribution in [0.25, 0.3) is 16.7 Å². The molecule has 0 spiro atoms. The van der Waals surface area contributed by atoms with E-state index in [0.717, 1.165) is 22.5 Å². The second-order valence-electron chi connectivity index (χ2n) is 3.79. The van der Waals surface area contributed by atoms with Crippen LogP contribution in [0.1, 0.15) is 0 Å². The third-order valence-electron chi connectivity index (χ3n) is 2.81. The Hall–Kier alpha value is -2.29. The van der Waals surface area contributed by atoms with Gasteiger partial charge in [-0.1, -0.05) is 0 Å². The van der Waals surface area contributed by atoms with E-state index in [2.05, 4.69) is 15.6 Å². The number of rotatable bonds is 2. The highest BCUT2D eigenvalue weighted by Crippen LogP contribution is 2.20. The minimum atomic E-state index is 0.864. The van der Waals surface area contributed by atoms with Crippen molar-refractivity contribution in [2.24, 2.45) is 0 Å². The topological polar surface area (TPSA) is 27.1 Å². The summed E-state index contributed by atoms with van der Waals surface area (Å²) in [5, 5.41) is 0. The van der Waals surface area contributed by atoms with Crippen LogP contribution in [0, 0.1) is 0 Å². The summed E-state index contributed by atoms with van der Waals surface area (Å²) in [5.41, 5.74) is 3.22. The lowest BCUT2D eigenvalue weighted by molar-refractivity contribution is 0.415. The molecule has 1 aromatic carbocycles. The fourth-order valence-electron chi connectivity index (χ4n) is 1.93. The van der Waals surface area contributed by atoms with Gasteiger partial charge in [0.05, 0.1) is 18.1 Å². The van der Waals surface area contributed by atoms with Gasteiger partial charge < -0.3 is 9.30 Å². The minimum Gasteiger partial charge on any atom is -0.497 e. The molecule has 17 heavy (non-hydrogen) atoms. The summed E-state index contributed by atoms with van der Waals surface area (Å²) < 4.78 is 7.27. The second-order valence-corrected chi connectivity index (χ2v) is 3.79. The molecular formula is C14H12N2O. The van der Waals surface area contributed by atoms with Crippen molar-refractivity contribution in [2.75, 3.05) is 7.11 Å². The maximum atomic E-state index is 5.15. The van der Waals surface area contributed by atoms with E-state index in [9.17, 15) is 0 Å². The van der Waals surface area contributed by atoms with Crippen molar-refractivity contribution in [1.82, 2.24) is 9.55 Å². The fourth-order valence-corrected chi connectivity index (χ4v) is 1.93. The number of aromatic nitrogens is 2. The molecule has 0 aliphatic heterocycles. The van der Waals surface area contributed by atoms with Gasteiger partial charge in [0.25, 0.3) is 0 Å². The number of nitrogens with zero attached hydrogens (tertiary/aromatic N) is 2. The zero-order valence-corrected chi connectivity index (χ0v) is 9.50. The number of ether oxygens (including phenoxy) is 1. The summed E-state index contributed by atoms with van der Waals surface area (Å²) in [4.78, 5) is 4.32. The van der Waals surface area contributed by atoms with Gasteiger partial charge in [0.15, 0.2) is 0 Å². The average Bonchev–Trinajstić information content (AvgIpc) is 2.83. The molecule has 3 aromatic rings. The van der Waals surface area contributed by atoms with Gasteiger partial charge in [-0.25, -0.2) is 0 Å². The molecule has 3 heteroatoms. The van der Waals surface area contributed by atoms with Crippen LogP contribution in [-0.2, 0) is 0 Å². The van der Waals surface area contributed by atoms with Gasteiger partial charge in [-0.2, -0.15) is 0 Å². The van der Waals surface area contributed by atoms with Crippen LogP contribution >= 0.6 is 0 Å². The first kappa shape index (κ1) is 9.90. The maximum Gasteiger partial charge on any atom is 0.119 e. The third-order valence-corrected chi connectivity index (χ3v) is 2.81. The lowest BCUT2D eigenvalue weighted by Gasteiger charge is -2.06. The fraction of sp³-hybridized carbons (Fsp3) is 0.0714. The summed E-state index contributed by atoms with van der Waals surface area (Å²) >= 11 is 0. The van der Waals surface area contributed by atoms with E-state index < -0.39 is 0 Å². The molecule has 2 aromatic heterocycles. The first-order chi connectivity index (χ1) is 8.38. The predicted molar refractivity (Wildman–Crippen MR) is 67.6 cm³/mol. The maximum absolute atomic E-state index is 5.15. The van der Waals surface area contributed by atoms with Crippen molar-refractivity contribution >= 4 is 11.0 Å². The van der Waals surface area contributed by atoms with Gasteiger partial charge in [0, 0.05) is 18.1 Å². The van der Waals surface area contributed by atoms with E-state index in [0.29, 0.717) is 0 Å².